The first-order valence-electron chi connectivity index (χ1n) is 6.89. The Hall–Kier alpha value is -1.13. The highest BCUT2D eigenvalue weighted by atomic mass is 16.5. The maximum absolute atomic E-state index is 5.71. The van der Waals surface area contributed by atoms with E-state index in [-0.39, 0.29) is 0 Å². The normalized spacial score (nSPS) is 16.1. The van der Waals surface area contributed by atoms with Crippen LogP contribution in [-0.2, 0) is 6.54 Å². The largest absolute Gasteiger partial charge is 0.476 e. The smallest absolute Gasteiger partial charge is 0.213 e. The lowest BCUT2D eigenvalue weighted by molar-refractivity contribution is 0.232. The predicted molar refractivity (Wildman–Crippen MR) is 72.8 cm³/mol. The van der Waals surface area contributed by atoms with Crippen molar-refractivity contribution in [2.24, 2.45) is 0 Å². The molecule has 4 heteroatoms. The molecule has 0 bridgehead atoms. The fourth-order valence-electron chi connectivity index (χ4n) is 2.19. The van der Waals surface area contributed by atoms with Crippen molar-refractivity contribution in [3.8, 4) is 5.88 Å². The van der Waals surface area contributed by atoms with Crippen LogP contribution in [0.2, 0.25) is 0 Å². The van der Waals surface area contributed by atoms with Crippen molar-refractivity contribution in [2.45, 2.75) is 26.3 Å². The summed E-state index contributed by atoms with van der Waals surface area (Å²) < 4.78 is 5.71. The summed E-state index contributed by atoms with van der Waals surface area (Å²) in [5.74, 6) is 0.740. The highest BCUT2D eigenvalue weighted by Crippen LogP contribution is 2.10. The monoisotopic (exact) mass is 249 g/mol. The van der Waals surface area contributed by atoms with Crippen LogP contribution in [0.4, 0.5) is 0 Å². The molecule has 0 radical (unpaired) electrons. The molecule has 2 rings (SSSR count). The molecule has 0 aliphatic carbocycles. The summed E-state index contributed by atoms with van der Waals surface area (Å²) in [6, 6.07) is 4.04. The van der Waals surface area contributed by atoms with E-state index in [1.54, 1.807) is 0 Å². The number of likely N-dealkylation sites (tertiary alicyclic amines) is 1. The molecule has 1 aromatic rings. The lowest BCUT2D eigenvalue weighted by atomic mass is 10.2. The van der Waals surface area contributed by atoms with Gasteiger partial charge in [-0.1, -0.05) is 6.92 Å². The summed E-state index contributed by atoms with van der Waals surface area (Å²) in [6.07, 6.45) is 4.48. The fraction of sp³-hybridized carbons (Fsp3) is 0.643. The zero-order valence-corrected chi connectivity index (χ0v) is 11.2. The minimum absolute atomic E-state index is 0.734. The van der Waals surface area contributed by atoms with E-state index in [1.165, 1.54) is 31.5 Å². The second kappa shape index (κ2) is 7.34. The van der Waals surface area contributed by atoms with E-state index >= 15 is 0 Å². The summed E-state index contributed by atoms with van der Waals surface area (Å²) in [5, 5.41) is 3.30. The predicted octanol–water partition coefficient (Wildman–Crippen LogP) is 1.67. The van der Waals surface area contributed by atoms with Gasteiger partial charge in [-0.25, -0.2) is 4.98 Å². The van der Waals surface area contributed by atoms with Crippen LogP contribution in [0.3, 0.4) is 0 Å². The van der Waals surface area contributed by atoms with Gasteiger partial charge in [-0.05, 0) is 44.1 Å². The second-order valence-corrected chi connectivity index (χ2v) is 4.68. The van der Waals surface area contributed by atoms with Crippen molar-refractivity contribution in [3.63, 3.8) is 0 Å². The Morgan fingerprint density at radius 2 is 2.22 bits per heavy atom. The van der Waals surface area contributed by atoms with Gasteiger partial charge in [-0.2, -0.15) is 0 Å². The van der Waals surface area contributed by atoms with Gasteiger partial charge >= 0.3 is 0 Å². The summed E-state index contributed by atoms with van der Waals surface area (Å²) in [5.41, 5.74) is 1.23. The molecule has 1 aromatic heterocycles. The zero-order chi connectivity index (χ0) is 12.6. The molecule has 0 saturated carbocycles. The zero-order valence-electron chi connectivity index (χ0n) is 11.2. The van der Waals surface area contributed by atoms with E-state index in [1.807, 2.05) is 18.3 Å². The number of rotatable bonds is 7. The van der Waals surface area contributed by atoms with E-state index in [0.29, 0.717) is 0 Å². The summed E-state index contributed by atoms with van der Waals surface area (Å²) in [4.78, 5) is 6.69. The molecule has 0 unspecified atom stereocenters. The Labute approximate surface area is 109 Å². The minimum atomic E-state index is 0.734. The molecule has 1 N–H and O–H groups in total. The lowest BCUT2D eigenvalue weighted by Crippen LogP contribution is -2.25. The molecule has 4 nitrogen and oxygen atoms in total. The highest BCUT2D eigenvalue weighted by Gasteiger charge is 2.10. The average Bonchev–Trinajstić information content (AvgIpc) is 2.90. The number of nitrogens with zero attached hydrogens (tertiary/aromatic N) is 2. The van der Waals surface area contributed by atoms with Crippen molar-refractivity contribution < 1.29 is 4.74 Å². The van der Waals surface area contributed by atoms with Crippen LogP contribution in [-0.4, -0.2) is 42.7 Å². The van der Waals surface area contributed by atoms with E-state index in [9.17, 15) is 0 Å². The minimum Gasteiger partial charge on any atom is -0.476 e. The van der Waals surface area contributed by atoms with Gasteiger partial charge in [-0.15, -0.1) is 0 Å². The van der Waals surface area contributed by atoms with E-state index in [2.05, 4.69) is 22.1 Å². The van der Waals surface area contributed by atoms with Crippen molar-refractivity contribution in [3.05, 3.63) is 23.9 Å². The molecule has 1 saturated heterocycles. The number of hydrogen-bond donors (Lipinski definition) is 1. The van der Waals surface area contributed by atoms with Crippen LogP contribution in [0, 0.1) is 0 Å². The van der Waals surface area contributed by atoms with Crippen molar-refractivity contribution >= 4 is 0 Å². The van der Waals surface area contributed by atoms with E-state index in [0.717, 1.165) is 32.1 Å². The Bertz CT molecular complexity index is 351. The molecule has 1 aliphatic rings. The maximum atomic E-state index is 5.71. The molecular weight excluding hydrogens is 226 g/mol. The molecule has 0 spiro atoms. The molecule has 0 aromatic carbocycles. The van der Waals surface area contributed by atoms with Gasteiger partial charge in [0.15, 0.2) is 0 Å². The SMILES string of the molecule is CCNCc1ccnc(OCCN2CCCC2)c1. The Kier molecular flexibility index (Phi) is 5.42. The van der Waals surface area contributed by atoms with Crippen molar-refractivity contribution in [2.75, 3.05) is 32.8 Å². The number of ether oxygens (including phenoxy) is 1. The van der Waals surface area contributed by atoms with Gasteiger partial charge in [0.25, 0.3) is 0 Å². The molecule has 0 amide bonds. The molecule has 0 atom stereocenters. The summed E-state index contributed by atoms with van der Waals surface area (Å²) in [6.45, 7) is 8.15. The fourth-order valence-corrected chi connectivity index (χ4v) is 2.19. The molecular formula is C14H23N3O. The van der Waals surface area contributed by atoms with Gasteiger partial charge in [0.05, 0.1) is 0 Å². The van der Waals surface area contributed by atoms with Crippen molar-refractivity contribution in [1.82, 2.24) is 15.2 Å². The number of nitrogens with one attached hydrogen (secondary N) is 1. The Morgan fingerprint density at radius 1 is 1.39 bits per heavy atom. The van der Waals surface area contributed by atoms with Gasteiger partial charge in [0.2, 0.25) is 5.88 Å². The van der Waals surface area contributed by atoms with Crippen LogP contribution >= 0.6 is 0 Å². The summed E-state index contributed by atoms with van der Waals surface area (Å²) >= 11 is 0. The van der Waals surface area contributed by atoms with Crippen LogP contribution in [0.1, 0.15) is 25.3 Å². The molecule has 100 valence electrons. The van der Waals surface area contributed by atoms with E-state index in [4.69, 9.17) is 4.74 Å². The Balaban J connectivity index is 1.74. The second-order valence-electron chi connectivity index (χ2n) is 4.68. The van der Waals surface area contributed by atoms with Gasteiger partial charge < -0.3 is 10.1 Å². The quantitative estimate of drug-likeness (QED) is 0.797. The van der Waals surface area contributed by atoms with Crippen LogP contribution in [0.25, 0.3) is 0 Å². The number of aromatic nitrogens is 1. The van der Waals surface area contributed by atoms with E-state index < -0.39 is 0 Å². The molecule has 2 heterocycles. The maximum Gasteiger partial charge on any atom is 0.213 e. The van der Waals surface area contributed by atoms with Gasteiger partial charge in [-0.3, -0.25) is 4.90 Å². The lowest BCUT2D eigenvalue weighted by Gasteiger charge is -2.14. The molecule has 1 fully saturated rings. The number of pyridine rings is 1. The first-order chi connectivity index (χ1) is 8.88. The third-order valence-electron chi connectivity index (χ3n) is 3.23. The standard InChI is InChI=1S/C14H23N3O/c1-2-15-12-13-5-6-16-14(11-13)18-10-9-17-7-3-4-8-17/h5-6,11,15H,2-4,7-10,12H2,1H3. The van der Waals surface area contributed by atoms with Crippen LogP contribution < -0.4 is 10.1 Å². The van der Waals surface area contributed by atoms with Crippen molar-refractivity contribution in [1.29, 1.82) is 0 Å². The summed E-state index contributed by atoms with van der Waals surface area (Å²) in [7, 11) is 0. The first-order valence-corrected chi connectivity index (χ1v) is 6.89. The van der Waals surface area contributed by atoms with Gasteiger partial charge in [0, 0.05) is 25.4 Å². The van der Waals surface area contributed by atoms with Crippen LogP contribution in [0.15, 0.2) is 18.3 Å². The molecule has 1 aliphatic heterocycles. The highest BCUT2D eigenvalue weighted by molar-refractivity contribution is 5.20. The first kappa shape index (κ1) is 13.3. The Morgan fingerprint density at radius 3 is 3.00 bits per heavy atom. The average molecular weight is 249 g/mol. The third kappa shape index (κ3) is 4.27. The molecule has 18 heavy (non-hydrogen) atoms. The van der Waals surface area contributed by atoms with Gasteiger partial charge in [0.1, 0.15) is 6.61 Å². The third-order valence-corrected chi connectivity index (χ3v) is 3.23. The van der Waals surface area contributed by atoms with Crippen LogP contribution in [0.5, 0.6) is 5.88 Å². The topological polar surface area (TPSA) is 37.4 Å². The number of hydrogen-bond acceptors (Lipinski definition) is 4.